The van der Waals surface area contributed by atoms with Gasteiger partial charge >= 0.3 is 5.69 Å². The maximum Gasteiger partial charge on any atom is 0.326 e. The number of hydrogen-bond donors (Lipinski definition) is 3. The van der Waals surface area contributed by atoms with Gasteiger partial charge in [0.2, 0.25) is 0 Å². The number of nitrogens with zero attached hydrogens (tertiary/aromatic N) is 1. The molecule has 4 rings (SSSR count). The molecule has 0 bridgehead atoms. The molecule has 0 amide bonds. The number of rotatable bonds is 5. The zero-order valence-electron chi connectivity index (χ0n) is 16.6. The third-order valence-corrected chi connectivity index (χ3v) is 5.93. The van der Waals surface area contributed by atoms with Crippen LogP contribution in [0.5, 0.6) is 0 Å². The molecule has 5 nitrogen and oxygen atoms in total. The summed E-state index contributed by atoms with van der Waals surface area (Å²) in [7, 11) is 0. The second-order valence-electron chi connectivity index (χ2n) is 8.49. The van der Waals surface area contributed by atoms with Crippen molar-refractivity contribution < 1.29 is 5.11 Å². The summed E-state index contributed by atoms with van der Waals surface area (Å²) in [5, 5.41) is 14.4. The van der Waals surface area contributed by atoms with Crippen LogP contribution >= 0.6 is 0 Å². The van der Waals surface area contributed by atoms with Crippen molar-refractivity contribution in [2.24, 2.45) is 0 Å². The van der Waals surface area contributed by atoms with Gasteiger partial charge in [-0.05, 0) is 57.2 Å². The number of nitrogens with one attached hydrogen (secondary N) is 2. The molecule has 0 saturated heterocycles. The molecule has 1 aliphatic rings. The van der Waals surface area contributed by atoms with E-state index in [1.54, 1.807) is 0 Å². The zero-order valence-corrected chi connectivity index (χ0v) is 16.6. The molecule has 1 aromatic heterocycles. The molecular formula is C23H29N3O2. The molecule has 0 aliphatic heterocycles. The summed E-state index contributed by atoms with van der Waals surface area (Å²) in [5.41, 5.74) is 2.12. The molecule has 0 unspecified atom stereocenters. The Morgan fingerprint density at radius 3 is 2.36 bits per heavy atom. The zero-order chi connectivity index (χ0) is 19.7. The van der Waals surface area contributed by atoms with Crippen molar-refractivity contribution in [2.75, 3.05) is 0 Å². The number of aromatic nitrogens is 2. The minimum Gasteiger partial charge on any atom is -0.388 e. The molecular weight excluding hydrogens is 350 g/mol. The number of fused-ring (bicyclic) bond motifs is 1. The number of benzene rings is 2. The van der Waals surface area contributed by atoms with Crippen LogP contribution in [0.25, 0.3) is 11.0 Å². The molecule has 3 N–H and O–H groups in total. The molecule has 1 fully saturated rings. The Balaban J connectivity index is 1.48. The highest BCUT2D eigenvalue weighted by Gasteiger charge is 2.32. The lowest BCUT2D eigenvalue weighted by atomic mass is 9.86. The van der Waals surface area contributed by atoms with E-state index in [-0.39, 0.29) is 17.8 Å². The van der Waals surface area contributed by atoms with E-state index in [2.05, 4.69) is 22.4 Å². The van der Waals surface area contributed by atoms with Crippen LogP contribution in [-0.2, 0) is 0 Å². The molecule has 5 heteroatoms. The van der Waals surface area contributed by atoms with E-state index >= 15 is 0 Å². The number of H-pyrrole nitrogens is 1. The third kappa shape index (κ3) is 3.77. The van der Waals surface area contributed by atoms with Gasteiger partial charge < -0.3 is 15.4 Å². The Morgan fingerprint density at radius 2 is 1.68 bits per heavy atom. The van der Waals surface area contributed by atoms with E-state index in [0.29, 0.717) is 6.04 Å². The average Bonchev–Trinajstić information content (AvgIpc) is 3.02. The standard InChI is InChI=1S/C23H29N3O2/c1-23(2,28)21(16-8-4-3-5-9-16)24-17-12-14-18(15-13-17)26-20-11-7-6-10-19(20)25-22(26)27/h3-11,17-18,21,24,28H,12-15H2,1-2H3,(H,25,27)/t17?,18?,21-/m0/s1. The van der Waals surface area contributed by atoms with E-state index < -0.39 is 5.60 Å². The fourth-order valence-electron chi connectivity index (χ4n) is 4.53. The molecule has 1 saturated carbocycles. The summed E-state index contributed by atoms with van der Waals surface area (Å²) in [4.78, 5) is 15.4. The highest BCUT2D eigenvalue weighted by molar-refractivity contribution is 5.75. The van der Waals surface area contributed by atoms with Crippen LogP contribution in [-0.4, -0.2) is 26.3 Å². The van der Waals surface area contributed by atoms with Gasteiger partial charge in [-0.2, -0.15) is 0 Å². The van der Waals surface area contributed by atoms with Gasteiger partial charge in [-0.25, -0.2) is 4.79 Å². The Morgan fingerprint density at radius 1 is 1.04 bits per heavy atom. The van der Waals surface area contributed by atoms with E-state index in [4.69, 9.17) is 0 Å². The fraction of sp³-hybridized carbons (Fsp3) is 0.435. The third-order valence-electron chi connectivity index (χ3n) is 5.93. The minimum atomic E-state index is -0.855. The second kappa shape index (κ2) is 7.57. The van der Waals surface area contributed by atoms with Crippen molar-refractivity contribution in [3.63, 3.8) is 0 Å². The summed E-state index contributed by atoms with van der Waals surface area (Å²) in [6.45, 7) is 3.71. The smallest absolute Gasteiger partial charge is 0.326 e. The van der Waals surface area contributed by atoms with E-state index in [1.165, 1.54) is 0 Å². The van der Waals surface area contributed by atoms with E-state index in [1.807, 2.05) is 60.9 Å². The van der Waals surface area contributed by atoms with E-state index in [9.17, 15) is 9.90 Å². The van der Waals surface area contributed by atoms with Crippen molar-refractivity contribution in [1.29, 1.82) is 0 Å². The largest absolute Gasteiger partial charge is 0.388 e. The molecule has 0 radical (unpaired) electrons. The maximum atomic E-state index is 12.5. The van der Waals surface area contributed by atoms with Crippen LogP contribution in [0.1, 0.15) is 57.2 Å². The highest BCUT2D eigenvalue weighted by atomic mass is 16.3. The van der Waals surface area contributed by atoms with Crippen molar-refractivity contribution in [3.05, 3.63) is 70.6 Å². The van der Waals surface area contributed by atoms with Gasteiger partial charge in [0.05, 0.1) is 22.7 Å². The van der Waals surface area contributed by atoms with Crippen molar-refractivity contribution in [1.82, 2.24) is 14.9 Å². The SMILES string of the molecule is CC(C)(O)[C@@H](NC1CCC(n2c(=O)[nH]c3ccccc32)CC1)c1ccccc1. The Hall–Kier alpha value is -2.37. The van der Waals surface area contributed by atoms with Gasteiger partial charge in [-0.15, -0.1) is 0 Å². The summed E-state index contributed by atoms with van der Waals surface area (Å²) in [5.74, 6) is 0. The van der Waals surface area contributed by atoms with Crippen LogP contribution in [0.2, 0.25) is 0 Å². The average molecular weight is 380 g/mol. The van der Waals surface area contributed by atoms with Crippen molar-refractivity contribution in [3.8, 4) is 0 Å². The first-order valence-electron chi connectivity index (χ1n) is 10.2. The first-order valence-corrected chi connectivity index (χ1v) is 10.2. The van der Waals surface area contributed by atoms with Crippen LogP contribution in [0.4, 0.5) is 0 Å². The van der Waals surface area contributed by atoms with Gasteiger partial charge in [0.25, 0.3) is 0 Å². The molecule has 148 valence electrons. The molecule has 1 atom stereocenters. The lowest BCUT2D eigenvalue weighted by Gasteiger charge is -2.37. The van der Waals surface area contributed by atoms with Crippen LogP contribution < -0.4 is 11.0 Å². The van der Waals surface area contributed by atoms with Crippen molar-refractivity contribution in [2.45, 2.75) is 63.3 Å². The first-order chi connectivity index (χ1) is 13.4. The van der Waals surface area contributed by atoms with Crippen LogP contribution in [0, 0.1) is 0 Å². The Labute approximate surface area is 165 Å². The van der Waals surface area contributed by atoms with Crippen LogP contribution in [0.3, 0.4) is 0 Å². The number of aromatic amines is 1. The molecule has 1 aliphatic carbocycles. The summed E-state index contributed by atoms with van der Waals surface area (Å²) in [6, 6.07) is 18.5. The first kappa shape index (κ1) is 19.0. The van der Waals surface area contributed by atoms with Crippen molar-refractivity contribution >= 4 is 11.0 Å². The minimum absolute atomic E-state index is 0.0173. The summed E-state index contributed by atoms with van der Waals surface area (Å²) >= 11 is 0. The lowest BCUT2D eigenvalue weighted by molar-refractivity contribution is 0.0292. The van der Waals surface area contributed by atoms with Gasteiger partial charge in [0.1, 0.15) is 0 Å². The van der Waals surface area contributed by atoms with E-state index in [0.717, 1.165) is 42.3 Å². The Kier molecular flexibility index (Phi) is 5.13. The van der Waals surface area contributed by atoms with Gasteiger partial charge in [0, 0.05) is 12.1 Å². The predicted molar refractivity (Wildman–Crippen MR) is 112 cm³/mol. The van der Waals surface area contributed by atoms with Gasteiger partial charge in [-0.1, -0.05) is 42.5 Å². The lowest BCUT2D eigenvalue weighted by Crippen LogP contribution is -2.45. The number of imidazole rings is 1. The second-order valence-corrected chi connectivity index (χ2v) is 8.49. The number of hydrogen-bond acceptors (Lipinski definition) is 3. The quantitative estimate of drug-likeness (QED) is 0.629. The monoisotopic (exact) mass is 379 g/mol. The summed E-state index contributed by atoms with van der Waals surface area (Å²) < 4.78 is 1.93. The molecule has 1 heterocycles. The van der Waals surface area contributed by atoms with Gasteiger partial charge in [0.15, 0.2) is 0 Å². The number of aliphatic hydroxyl groups is 1. The summed E-state index contributed by atoms with van der Waals surface area (Å²) in [6.07, 6.45) is 3.87. The molecule has 3 aromatic rings. The van der Waals surface area contributed by atoms with Gasteiger partial charge in [-0.3, -0.25) is 4.57 Å². The molecule has 2 aromatic carbocycles. The Bertz CT molecular complexity index is 976. The molecule has 0 spiro atoms. The fourth-order valence-corrected chi connectivity index (χ4v) is 4.53. The number of para-hydroxylation sites is 2. The van der Waals surface area contributed by atoms with Crippen LogP contribution in [0.15, 0.2) is 59.4 Å². The highest BCUT2D eigenvalue weighted by Crippen LogP contribution is 2.33. The normalized spacial score (nSPS) is 21.7. The molecule has 28 heavy (non-hydrogen) atoms. The predicted octanol–water partition coefficient (Wildman–Crippen LogP) is 3.92. The topological polar surface area (TPSA) is 70.0 Å². The maximum absolute atomic E-state index is 12.5.